The molecule has 0 aliphatic carbocycles. The van der Waals surface area contributed by atoms with Crippen molar-refractivity contribution >= 4 is 29.6 Å². The lowest BCUT2D eigenvalue weighted by Crippen LogP contribution is -2.11. The first-order chi connectivity index (χ1) is 4.29. The van der Waals surface area contributed by atoms with Crippen LogP contribution >= 0.6 is 23.7 Å². The Kier molecular flexibility index (Phi) is 4.07. The minimum Gasteiger partial charge on any atom is -0.387 e. The average Bonchev–Trinajstić information content (AvgIpc) is 2.15. The highest BCUT2D eigenvalue weighted by Gasteiger charge is 1.92. The van der Waals surface area contributed by atoms with Crippen LogP contribution in [0.4, 0.5) is 0 Å². The molecule has 0 fully saturated rings. The highest BCUT2D eigenvalue weighted by Crippen LogP contribution is 2.05. The third-order valence-electron chi connectivity index (χ3n) is 0.975. The number of hydrogen-bond donors (Lipinski definition) is 2. The zero-order chi connectivity index (χ0) is 6.69. The van der Waals surface area contributed by atoms with E-state index in [1.165, 1.54) is 0 Å². The van der Waals surface area contributed by atoms with Gasteiger partial charge in [0.15, 0.2) is 0 Å². The monoisotopic (exact) mass is 176 g/mol. The first-order valence-corrected chi connectivity index (χ1v) is 3.57. The van der Waals surface area contributed by atoms with Crippen molar-refractivity contribution in [1.29, 1.82) is 5.41 Å². The number of thiophene rings is 1. The maximum atomic E-state index is 6.95. The zero-order valence-electron chi connectivity index (χ0n) is 5.33. The van der Waals surface area contributed by atoms with Crippen LogP contribution in [-0.2, 0) is 6.42 Å². The van der Waals surface area contributed by atoms with Crippen LogP contribution in [0.5, 0.6) is 0 Å². The quantitative estimate of drug-likeness (QED) is 0.523. The first kappa shape index (κ1) is 9.46. The number of hydrogen-bond acceptors (Lipinski definition) is 2. The van der Waals surface area contributed by atoms with Gasteiger partial charge in [0.25, 0.3) is 0 Å². The Bertz CT molecular complexity index is 196. The largest absolute Gasteiger partial charge is 0.387 e. The second kappa shape index (κ2) is 4.30. The topological polar surface area (TPSA) is 49.9 Å². The second-order valence-corrected chi connectivity index (χ2v) is 2.61. The van der Waals surface area contributed by atoms with Crippen LogP contribution in [0.3, 0.4) is 0 Å². The molecule has 1 aromatic heterocycles. The van der Waals surface area contributed by atoms with Crippen LogP contribution in [0.15, 0.2) is 16.8 Å². The molecule has 1 heterocycles. The van der Waals surface area contributed by atoms with Crippen LogP contribution in [0.25, 0.3) is 0 Å². The van der Waals surface area contributed by atoms with Crippen molar-refractivity contribution in [3.8, 4) is 0 Å². The Morgan fingerprint density at radius 2 is 2.40 bits per heavy atom. The molecule has 56 valence electrons. The van der Waals surface area contributed by atoms with Crippen molar-refractivity contribution < 1.29 is 0 Å². The van der Waals surface area contributed by atoms with Gasteiger partial charge >= 0.3 is 0 Å². The maximum absolute atomic E-state index is 6.95. The lowest BCUT2D eigenvalue weighted by molar-refractivity contribution is 1.26. The summed E-state index contributed by atoms with van der Waals surface area (Å²) in [6.07, 6.45) is 0.587. The summed E-state index contributed by atoms with van der Waals surface area (Å²) >= 11 is 1.63. The van der Waals surface area contributed by atoms with Crippen molar-refractivity contribution in [2.24, 2.45) is 5.73 Å². The summed E-state index contributed by atoms with van der Waals surface area (Å²) in [4.78, 5) is 0. The van der Waals surface area contributed by atoms with E-state index < -0.39 is 0 Å². The highest BCUT2D eigenvalue weighted by molar-refractivity contribution is 7.07. The van der Waals surface area contributed by atoms with Crippen LogP contribution in [-0.4, -0.2) is 5.84 Å². The van der Waals surface area contributed by atoms with Gasteiger partial charge < -0.3 is 5.73 Å². The van der Waals surface area contributed by atoms with Gasteiger partial charge in [-0.3, -0.25) is 5.41 Å². The van der Waals surface area contributed by atoms with Crippen molar-refractivity contribution in [2.75, 3.05) is 0 Å². The van der Waals surface area contributed by atoms with Gasteiger partial charge in [0, 0.05) is 6.42 Å². The van der Waals surface area contributed by atoms with Crippen molar-refractivity contribution in [3.05, 3.63) is 22.4 Å². The fourth-order valence-corrected chi connectivity index (χ4v) is 1.28. The van der Waals surface area contributed by atoms with Gasteiger partial charge in [0.05, 0.1) is 5.84 Å². The van der Waals surface area contributed by atoms with Crippen LogP contribution in [0.1, 0.15) is 5.56 Å². The van der Waals surface area contributed by atoms with Gasteiger partial charge in [-0.1, -0.05) is 0 Å². The molecule has 0 aromatic carbocycles. The lowest BCUT2D eigenvalue weighted by atomic mass is 10.2. The van der Waals surface area contributed by atoms with Gasteiger partial charge in [0.2, 0.25) is 0 Å². The molecule has 1 rings (SSSR count). The van der Waals surface area contributed by atoms with Crippen LogP contribution in [0, 0.1) is 5.41 Å². The number of nitrogens with one attached hydrogen (secondary N) is 1. The Morgan fingerprint density at radius 1 is 1.70 bits per heavy atom. The molecular weight excluding hydrogens is 168 g/mol. The maximum Gasteiger partial charge on any atom is 0.0950 e. The van der Waals surface area contributed by atoms with Gasteiger partial charge in [-0.05, 0) is 22.4 Å². The predicted octanol–water partition coefficient (Wildman–Crippen LogP) is 1.65. The van der Waals surface area contributed by atoms with Crippen molar-refractivity contribution in [3.63, 3.8) is 0 Å². The van der Waals surface area contributed by atoms with Crippen molar-refractivity contribution in [1.82, 2.24) is 0 Å². The van der Waals surface area contributed by atoms with Gasteiger partial charge in [-0.25, -0.2) is 0 Å². The molecule has 1 aromatic rings. The summed E-state index contributed by atoms with van der Waals surface area (Å²) in [7, 11) is 0. The molecule has 0 bridgehead atoms. The van der Waals surface area contributed by atoms with Gasteiger partial charge in [0.1, 0.15) is 0 Å². The highest BCUT2D eigenvalue weighted by atomic mass is 35.5. The fraction of sp³-hybridized carbons (Fsp3) is 0.167. The molecule has 0 spiro atoms. The van der Waals surface area contributed by atoms with E-state index in [0.717, 1.165) is 5.56 Å². The van der Waals surface area contributed by atoms with Gasteiger partial charge in [-0.15, -0.1) is 12.4 Å². The zero-order valence-corrected chi connectivity index (χ0v) is 6.97. The Hall–Kier alpha value is -0.540. The molecule has 0 saturated heterocycles. The Labute approximate surface area is 70.0 Å². The molecule has 2 nitrogen and oxygen atoms in total. The molecule has 0 amide bonds. The average molecular weight is 177 g/mol. The standard InChI is InChI=1S/C6H8N2S.ClH/c7-6(8)3-5-1-2-9-4-5;/h1-2,4H,3H2,(H3,7,8);1H. The molecule has 0 atom stereocenters. The third-order valence-corrected chi connectivity index (χ3v) is 1.71. The predicted molar refractivity (Wildman–Crippen MR) is 47.2 cm³/mol. The molecule has 0 aliphatic rings. The number of halogens is 1. The van der Waals surface area contributed by atoms with Gasteiger partial charge in [-0.2, -0.15) is 11.3 Å². The first-order valence-electron chi connectivity index (χ1n) is 2.63. The van der Waals surface area contributed by atoms with E-state index in [0.29, 0.717) is 6.42 Å². The summed E-state index contributed by atoms with van der Waals surface area (Å²) in [5.41, 5.74) is 6.30. The Morgan fingerprint density at radius 3 is 2.80 bits per heavy atom. The van der Waals surface area contributed by atoms with E-state index in [1.54, 1.807) is 11.3 Å². The summed E-state index contributed by atoms with van der Waals surface area (Å²) < 4.78 is 0. The molecule has 0 aliphatic heterocycles. The van der Waals surface area contributed by atoms with Crippen LogP contribution in [0.2, 0.25) is 0 Å². The summed E-state index contributed by atoms with van der Waals surface area (Å²) in [5, 5.41) is 10.9. The summed E-state index contributed by atoms with van der Waals surface area (Å²) in [6.45, 7) is 0. The smallest absolute Gasteiger partial charge is 0.0950 e. The van der Waals surface area contributed by atoms with E-state index >= 15 is 0 Å². The normalized spacial score (nSPS) is 8.40. The van der Waals surface area contributed by atoms with E-state index in [2.05, 4.69) is 0 Å². The minimum absolute atomic E-state index is 0. The molecular formula is C6H9ClN2S. The second-order valence-electron chi connectivity index (χ2n) is 1.83. The third kappa shape index (κ3) is 2.85. The SMILES string of the molecule is Cl.N=C(N)Cc1ccsc1. The Balaban J connectivity index is 0.000000810. The minimum atomic E-state index is 0. The van der Waals surface area contributed by atoms with E-state index in [-0.39, 0.29) is 18.2 Å². The molecule has 0 radical (unpaired) electrons. The molecule has 0 unspecified atom stereocenters. The van der Waals surface area contributed by atoms with E-state index in [1.807, 2.05) is 16.8 Å². The summed E-state index contributed by atoms with van der Waals surface area (Å²) in [6, 6.07) is 1.98. The number of nitrogens with two attached hydrogens (primary N) is 1. The molecule has 4 heteroatoms. The molecule has 0 saturated carbocycles. The van der Waals surface area contributed by atoms with E-state index in [9.17, 15) is 0 Å². The summed E-state index contributed by atoms with van der Waals surface area (Å²) in [5.74, 6) is 0.230. The lowest BCUT2D eigenvalue weighted by Gasteiger charge is -1.90. The number of rotatable bonds is 2. The van der Waals surface area contributed by atoms with E-state index in [4.69, 9.17) is 11.1 Å². The molecule has 3 N–H and O–H groups in total. The molecule has 10 heavy (non-hydrogen) atoms. The van der Waals surface area contributed by atoms with Crippen molar-refractivity contribution in [2.45, 2.75) is 6.42 Å². The number of amidine groups is 1. The van der Waals surface area contributed by atoms with Crippen LogP contribution < -0.4 is 5.73 Å². The fourth-order valence-electron chi connectivity index (χ4n) is 0.613.